The Morgan fingerprint density at radius 2 is 2.10 bits per heavy atom. The molecule has 0 amide bonds. The quantitative estimate of drug-likeness (QED) is 0.549. The fraction of sp³-hybridized carbons (Fsp3) is 1.00. The van der Waals surface area contributed by atoms with Crippen LogP contribution < -0.4 is 0 Å². The van der Waals surface area contributed by atoms with E-state index < -0.39 is 0 Å². The first-order valence-electron chi connectivity index (χ1n) is 3.98. The summed E-state index contributed by atoms with van der Waals surface area (Å²) in [5.41, 5.74) is 0. The Labute approximate surface area is 63.2 Å². The fourth-order valence-electron chi connectivity index (χ4n) is 1.30. The van der Waals surface area contributed by atoms with Crippen molar-refractivity contribution >= 4 is 0 Å². The maximum Gasteiger partial charge on any atom is 0.110 e. The molecule has 1 aliphatic rings. The van der Waals surface area contributed by atoms with Gasteiger partial charge in [0.1, 0.15) is 6.23 Å². The molecule has 0 radical (unpaired) electrons. The normalized spacial score (nSPS) is 34.8. The van der Waals surface area contributed by atoms with Crippen LogP contribution in [0.5, 0.6) is 0 Å². The minimum Gasteiger partial charge on any atom is -0.363 e. The second-order valence-corrected chi connectivity index (χ2v) is 3.42. The van der Waals surface area contributed by atoms with Crippen molar-refractivity contribution in [2.45, 2.75) is 26.0 Å². The van der Waals surface area contributed by atoms with Crippen LogP contribution in [0.3, 0.4) is 0 Å². The first-order valence-corrected chi connectivity index (χ1v) is 3.98. The first kappa shape index (κ1) is 8.02. The highest BCUT2D eigenvalue weighted by Gasteiger charge is 2.20. The van der Waals surface area contributed by atoms with Crippen molar-refractivity contribution in [2.24, 2.45) is 5.92 Å². The van der Waals surface area contributed by atoms with Crippen LogP contribution >= 0.6 is 0 Å². The largest absolute Gasteiger partial charge is 0.363 e. The lowest BCUT2D eigenvalue weighted by Gasteiger charge is -2.31. The van der Waals surface area contributed by atoms with E-state index >= 15 is 0 Å². The van der Waals surface area contributed by atoms with Crippen molar-refractivity contribution in [3.8, 4) is 0 Å². The maximum absolute atomic E-state index is 5.54. The molecular formula is C8H17NO. The molecule has 1 aliphatic heterocycles. The molecule has 0 aromatic heterocycles. The predicted octanol–water partition coefficient (Wildman–Crippen LogP) is 1.32. The van der Waals surface area contributed by atoms with E-state index in [1.807, 2.05) is 0 Å². The number of hydrogen-bond donors (Lipinski definition) is 0. The number of rotatable bonds is 1. The van der Waals surface area contributed by atoms with Crippen molar-refractivity contribution in [1.82, 2.24) is 4.90 Å². The van der Waals surface area contributed by atoms with Crippen LogP contribution in [0, 0.1) is 5.92 Å². The molecule has 0 N–H and O–H groups in total. The third-order valence-corrected chi connectivity index (χ3v) is 2.10. The second kappa shape index (κ2) is 3.35. The lowest BCUT2D eigenvalue weighted by molar-refractivity contribution is -0.0801. The minimum atomic E-state index is 0.365. The van der Waals surface area contributed by atoms with Crippen molar-refractivity contribution in [3.63, 3.8) is 0 Å². The van der Waals surface area contributed by atoms with Crippen LogP contribution in [0.2, 0.25) is 0 Å². The lowest BCUT2D eigenvalue weighted by Crippen LogP contribution is -2.36. The molecule has 1 saturated heterocycles. The topological polar surface area (TPSA) is 12.5 Å². The summed E-state index contributed by atoms with van der Waals surface area (Å²) in [4.78, 5) is 2.15. The van der Waals surface area contributed by atoms with Gasteiger partial charge in [-0.25, -0.2) is 0 Å². The van der Waals surface area contributed by atoms with Crippen LogP contribution in [0.15, 0.2) is 0 Å². The number of nitrogens with zero attached hydrogens (tertiary/aromatic N) is 1. The van der Waals surface area contributed by atoms with E-state index in [9.17, 15) is 0 Å². The van der Waals surface area contributed by atoms with Gasteiger partial charge in [-0.2, -0.15) is 0 Å². The van der Waals surface area contributed by atoms with E-state index in [1.54, 1.807) is 0 Å². The molecular weight excluding hydrogens is 126 g/mol. The van der Waals surface area contributed by atoms with E-state index in [0.29, 0.717) is 6.23 Å². The summed E-state index contributed by atoms with van der Waals surface area (Å²) in [6, 6.07) is 0. The molecule has 1 heterocycles. The zero-order valence-corrected chi connectivity index (χ0v) is 7.13. The van der Waals surface area contributed by atoms with Crippen LogP contribution in [0.1, 0.15) is 19.8 Å². The zero-order valence-electron chi connectivity index (χ0n) is 7.13. The summed E-state index contributed by atoms with van der Waals surface area (Å²) in [5.74, 6) is 0.834. The molecule has 60 valence electrons. The molecule has 2 atom stereocenters. The van der Waals surface area contributed by atoms with Gasteiger partial charge < -0.3 is 4.74 Å². The number of hydrogen-bond acceptors (Lipinski definition) is 2. The summed E-state index contributed by atoms with van der Waals surface area (Å²) in [6.07, 6.45) is 2.78. The van der Waals surface area contributed by atoms with Gasteiger partial charge in [0.25, 0.3) is 0 Å². The monoisotopic (exact) mass is 143 g/mol. The molecule has 1 fully saturated rings. The van der Waals surface area contributed by atoms with Crippen molar-refractivity contribution in [1.29, 1.82) is 0 Å². The molecule has 0 aromatic carbocycles. The Morgan fingerprint density at radius 1 is 1.40 bits per heavy atom. The molecule has 0 aromatic rings. The molecule has 10 heavy (non-hydrogen) atoms. The van der Waals surface area contributed by atoms with Gasteiger partial charge in [0.2, 0.25) is 0 Å². The van der Waals surface area contributed by atoms with Gasteiger partial charge in [-0.1, -0.05) is 6.92 Å². The molecule has 0 unspecified atom stereocenters. The summed E-state index contributed by atoms with van der Waals surface area (Å²) in [6.45, 7) is 3.23. The third kappa shape index (κ3) is 1.96. The molecule has 0 saturated carbocycles. The van der Waals surface area contributed by atoms with Crippen LogP contribution in [-0.4, -0.2) is 31.8 Å². The average molecular weight is 143 g/mol. The SMILES string of the molecule is C[C@@H]1CCO[C@@H](N(C)C)C1. The van der Waals surface area contributed by atoms with Gasteiger partial charge in [-0.05, 0) is 32.9 Å². The maximum atomic E-state index is 5.54. The van der Waals surface area contributed by atoms with Crippen LogP contribution in [-0.2, 0) is 4.74 Å². The van der Waals surface area contributed by atoms with Crippen molar-refractivity contribution in [2.75, 3.05) is 20.7 Å². The van der Waals surface area contributed by atoms with Gasteiger partial charge in [0.05, 0.1) is 0 Å². The van der Waals surface area contributed by atoms with Crippen molar-refractivity contribution in [3.05, 3.63) is 0 Å². The Kier molecular flexibility index (Phi) is 2.69. The van der Waals surface area contributed by atoms with Crippen molar-refractivity contribution < 1.29 is 4.74 Å². The van der Waals surface area contributed by atoms with Crippen LogP contribution in [0.4, 0.5) is 0 Å². The summed E-state index contributed by atoms with van der Waals surface area (Å²) < 4.78 is 5.54. The van der Waals surface area contributed by atoms with E-state index in [0.717, 1.165) is 12.5 Å². The third-order valence-electron chi connectivity index (χ3n) is 2.10. The lowest BCUT2D eigenvalue weighted by atomic mass is 10.0. The highest BCUT2D eigenvalue weighted by Crippen LogP contribution is 2.19. The summed E-state index contributed by atoms with van der Waals surface area (Å²) >= 11 is 0. The molecule has 1 rings (SSSR count). The Morgan fingerprint density at radius 3 is 2.50 bits per heavy atom. The smallest absolute Gasteiger partial charge is 0.110 e. The van der Waals surface area contributed by atoms with Gasteiger partial charge in [-0.3, -0.25) is 4.90 Å². The first-order chi connectivity index (χ1) is 4.70. The summed E-state index contributed by atoms with van der Waals surface area (Å²) in [7, 11) is 4.14. The number of ether oxygens (including phenoxy) is 1. The van der Waals surface area contributed by atoms with Gasteiger partial charge >= 0.3 is 0 Å². The summed E-state index contributed by atoms with van der Waals surface area (Å²) in [5, 5.41) is 0. The fourth-order valence-corrected chi connectivity index (χ4v) is 1.30. The second-order valence-electron chi connectivity index (χ2n) is 3.42. The highest BCUT2D eigenvalue weighted by molar-refractivity contribution is 4.65. The minimum absolute atomic E-state index is 0.365. The van der Waals surface area contributed by atoms with E-state index in [-0.39, 0.29) is 0 Å². The predicted molar refractivity (Wildman–Crippen MR) is 41.8 cm³/mol. The molecule has 0 aliphatic carbocycles. The highest BCUT2D eigenvalue weighted by atomic mass is 16.5. The van der Waals surface area contributed by atoms with E-state index in [1.165, 1.54) is 12.8 Å². The Balaban J connectivity index is 2.32. The van der Waals surface area contributed by atoms with Gasteiger partial charge in [0, 0.05) is 6.61 Å². The van der Waals surface area contributed by atoms with Gasteiger partial charge in [0.15, 0.2) is 0 Å². The van der Waals surface area contributed by atoms with Gasteiger partial charge in [-0.15, -0.1) is 0 Å². The Hall–Kier alpha value is -0.0800. The van der Waals surface area contributed by atoms with E-state index in [4.69, 9.17) is 4.74 Å². The van der Waals surface area contributed by atoms with E-state index in [2.05, 4.69) is 25.9 Å². The Bertz CT molecular complexity index is 103. The molecule has 0 bridgehead atoms. The average Bonchev–Trinajstić information content (AvgIpc) is 1.88. The zero-order chi connectivity index (χ0) is 7.56. The molecule has 2 heteroatoms. The molecule has 0 spiro atoms. The van der Waals surface area contributed by atoms with Crippen LogP contribution in [0.25, 0.3) is 0 Å². The standard InChI is InChI=1S/C8H17NO/c1-7-4-5-10-8(6-7)9(2)3/h7-8H,4-6H2,1-3H3/t7-,8-/m1/s1. The molecule has 2 nitrogen and oxygen atoms in total.